The SMILES string of the molecule is CN(C)C(=O)/C=C/c1ccc2noc(-c3ccccc3)c2c1. The monoisotopic (exact) mass is 292 g/mol. The van der Waals surface area contributed by atoms with Crippen molar-refractivity contribution in [3.63, 3.8) is 0 Å². The molecular weight excluding hydrogens is 276 g/mol. The third-order valence-electron chi connectivity index (χ3n) is 3.40. The number of carbonyl (C=O) groups excluding carboxylic acids is 1. The van der Waals surface area contributed by atoms with Crippen molar-refractivity contribution in [2.24, 2.45) is 0 Å². The summed E-state index contributed by atoms with van der Waals surface area (Å²) in [6.45, 7) is 0. The summed E-state index contributed by atoms with van der Waals surface area (Å²) in [4.78, 5) is 13.2. The highest BCUT2D eigenvalue weighted by molar-refractivity contribution is 5.95. The summed E-state index contributed by atoms with van der Waals surface area (Å²) in [6, 6.07) is 15.6. The standard InChI is InChI=1S/C18H16N2O2/c1-20(2)17(21)11-9-13-8-10-16-15(12-13)18(22-19-16)14-6-4-3-5-7-14/h3-12H,1-2H3/b11-9+. The first kappa shape index (κ1) is 14.1. The van der Waals surface area contributed by atoms with E-state index in [2.05, 4.69) is 5.16 Å². The lowest BCUT2D eigenvalue weighted by molar-refractivity contribution is -0.123. The number of amides is 1. The summed E-state index contributed by atoms with van der Waals surface area (Å²) in [6.07, 6.45) is 3.35. The van der Waals surface area contributed by atoms with Gasteiger partial charge in [-0.1, -0.05) is 41.6 Å². The smallest absolute Gasteiger partial charge is 0.246 e. The lowest BCUT2D eigenvalue weighted by Gasteiger charge is -2.05. The first-order chi connectivity index (χ1) is 10.6. The highest BCUT2D eigenvalue weighted by Gasteiger charge is 2.10. The van der Waals surface area contributed by atoms with Gasteiger partial charge < -0.3 is 9.42 Å². The van der Waals surface area contributed by atoms with Gasteiger partial charge in [-0.3, -0.25) is 4.79 Å². The van der Waals surface area contributed by atoms with Crippen molar-refractivity contribution in [3.8, 4) is 11.3 Å². The Bertz CT molecular complexity index is 833. The van der Waals surface area contributed by atoms with Crippen molar-refractivity contribution in [2.45, 2.75) is 0 Å². The molecule has 0 atom stereocenters. The normalized spacial score (nSPS) is 11.2. The van der Waals surface area contributed by atoms with Crippen LogP contribution in [0.1, 0.15) is 5.56 Å². The number of hydrogen-bond donors (Lipinski definition) is 0. The third kappa shape index (κ3) is 2.76. The fourth-order valence-corrected chi connectivity index (χ4v) is 2.18. The number of fused-ring (bicyclic) bond motifs is 1. The number of benzene rings is 2. The van der Waals surface area contributed by atoms with E-state index in [1.807, 2.05) is 48.5 Å². The van der Waals surface area contributed by atoms with Crippen LogP contribution in [0.5, 0.6) is 0 Å². The zero-order valence-electron chi connectivity index (χ0n) is 12.5. The van der Waals surface area contributed by atoms with Crippen LogP contribution in [0.4, 0.5) is 0 Å². The van der Waals surface area contributed by atoms with E-state index in [9.17, 15) is 4.79 Å². The van der Waals surface area contributed by atoms with Gasteiger partial charge in [0.15, 0.2) is 5.76 Å². The van der Waals surface area contributed by atoms with Crippen LogP contribution >= 0.6 is 0 Å². The molecule has 3 aromatic rings. The number of rotatable bonds is 3. The molecule has 0 bridgehead atoms. The van der Waals surface area contributed by atoms with Crippen molar-refractivity contribution in [2.75, 3.05) is 14.1 Å². The molecule has 0 aliphatic rings. The first-order valence-corrected chi connectivity index (χ1v) is 6.99. The molecule has 1 aromatic heterocycles. The lowest BCUT2D eigenvalue weighted by atomic mass is 10.1. The summed E-state index contributed by atoms with van der Waals surface area (Å²) in [5, 5.41) is 5.02. The van der Waals surface area contributed by atoms with E-state index in [-0.39, 0.29) is 5.91 Å². The number of aromatic nitrogens is 1. The van der Waals surface area contributed by atoms with Crippen LogP contribution in [0.2, 0.25) is 0 Å². The summed E-state index contributed by atoms with van der Waals surface area (Å²) in [5.74, 6) is 0.693. The molecular formula is C18H16N2O2. The summed E-state index contributed by atoms with van der Waals surface area (Å²) in [7, 11) is 3.45. The molecule has 1 heterocycles. The van der Waals surface area contributed by atoms with Crippen LogP contribution in [0, 0.1) is 0 Å². The van der Waals surface area contributed by atoms with Crippen LogP contribution in [0.15, 0.2) is 59.1 Å². The number of carbonyl (C=O) groups is 1. The largest absolute Gasteiger partial charge is 0.355 e. The molecule has 0 aliphatic carbocycles. The minimum absolute atomic E-state index is 0.0475. The van der Waals surface area contributed by atoms with Gasteiger partial charge in [0, 0.05) is 25.7 Å². The second kappa shape index (κ2) is 5.85. The van der Waals surface area contributed by atoms with Crippen LogP contribution in [-0.4, -0.2) is 30.1 Å². The lowest BCUT2D eigenvalue weighted by Crippen LogP contribution is -2.18. The van der Waals surface area contributed by atoms with Gasteiger partial charge in [0.2, 0.25) is 5.91 Å². The van der Waals surface area contributed by atoms with Crippen LogP contribution in [0.25, 0.3) is 28.3 Å². The summed E-state index contributed by atoms with van der Waals surface area (Å²) < 4.78 is 5.47. The van der Waals surface area contributed by atoms with E-state index in [0.29, 0.717) is 0 Å². The summed E-state index contributed by atoms with van der Waals surface area (Å²) >= 11 is 0. The van der Waals surface area contributed by atoms with Gasteiger partial charge in [0.05, 0.1) is 5.39 Å². The van der Waals surface area contributed by atoms with Gasteiger partial charge in [0.1, 0.15) is 5.52 Å². The quantitative estimate of drug-likeness (QED) is 0.693. The van der Waals surface area contributed by atoms with Gasteiger partial charge in [-0.25, -0.2) is 0 Å². The fourth-order valence-electron chi connectivity index (χ4n) is 2.18. The second-order valence-electron chi connectivity index (χ2n) is 5.22. The zero-order chi connectivity index (χ0) is 15.5. The second-order valence-corrected chi connectivity index (χ2v) is 5.22. The van der Waals surface area contributed by atoms with Crippen molar-refractivity contribution in [1.29, 1.82) is 0 Å². The maximum absolute atomic E-state index is 11.6. The fraction of sp³-hybridized carbons (Fsp3) is 0.111. The zero-order valence-corrected chi connectivity index (χ0v) is 12.5. The van der Waals surface area contributed by atoms with Crippen LogP contribution < -0.4 is 0 Å². The molecule has 4 nitrogen and oxygen atoms in total. The van der Waals surface area contributed by atoms with E-state index >= 15 is 0 Å². The van der Waals surface area contributed by atoms with Crippen molar-refractivity contribution < 1.29 is 9.32 Å². The number of hydrogen-bond acceptors (Lipinski definition) is 3. The Balaban J connectivity index is 2.01. The minimum atomic E-state index is -0.0475. The van der Waals surface area contributed by atoms with Gasteiger partial charge in [-0.2, -0.15) is 0 Å². The Kier molecular flexibility index (Phi) is 3.74. The Morgan fingerprint density at radius 1 is 1.14 bits per heavy atom. The predicted octanol–water partition coefficient (Wildman–Crippen LogP) is 3.60. The molecule has 0 unspecified atom stereocenters. The molecule has 0 fully saturated rings. The minimum Gasteiger partial charge on any atom is -0.355 e. The molecule has 0 radical (unpaired) electrons. The van der Waals surface area contributed by atoms with E-state index in [1.54, 1.807) is 26.2 Å². The third-order valence-corrected chi connectivity index (χ3v) is 3.40. The van der Waals surface area contributed by atoms with E-state index in [4.69, 9.17) is 4.52 Å². The van der Waals surface area contributed by atoms with Crippen LogP contribution in [-0.2, 0) is 4.79 Å². The molecule has 0 N–H and O–H groups in total. The molecule has 0 saturated heterocycles. The maximum Gasteiger partial charge on any atom is 0.246 e. The Morgan fingerprint density at radius 2 is 1.91 bits per heavy atom. The Labute approximate surface area is 128 Å². The highest BCUT2D eigenvalue weighted by atomic mass is 16.5. The van der Waals surface area contributed by atoms with E-state index in [0.717, 1.165) is 27.8 Å². The average Bonchev–Trinajstić information content (AvgIpc) is 2.96. The van der Waals surface area contributed by atoms with Gasteiger partial charge in [-0.15, -0.1) is 0 Å². The topological polar surface area (TPSA) is 46.3 Å². The summed E-state index contributed by atoms with van der Waals surface area (Å²) in [5.41, 5.74) is 2.72. The Hall–Kier alpha value is -2.88. The molecule has 0 saturated carbocycles. The van der Waals surface area contributed by atoms with Gasteiger partial charge in [0.25, 0.3) is 0 Å². The molecule has 2 aromatic carbocycles. The molecule has 0 spiro atoms. The van der Waals surface area contributed by atoms with Crippen LogP contribution in [0.3, 0.4) is 0 Å². The predicted molar refractivity (Wildman–Crippen MR) is 87.2 cm³/mol. The van der Waals surface area contributed by atoms with Gasteiger partial charge >= 0.3 is 0 Å². The number of likely N-dealkylation sites (N-methyl/N-ethyl adjacent to an activating group) is 1. The van der Waals surface area contributed by atoms with Crippen molar-refractivity contribution in [1.82, 2.24) is 10.1 Å². The molecule has 4 heteroatoms. The van der Waals surface area contributed by atoms with E-state index in [1.165, 1.54) is 4.90 Å². The maximum atomic E-state index is 11.6. The van der Waals surface area contributed by atoms with Gasteiger partial charge in [-0.05, 0) is 23.8 Å². The highest BCUT2D eigenvalue weighted by Crippen LogP contribution is 2.29. The molecule has 1 amide bonds. The molecule has 0 aliphatic heterocycles. The molecule has 22 heavy (non-hydrogen) atoms. The number of nitrogens with zero attached hydrogens (tertiary/aromatic N) is 2. The molecule has 3 rings (SSSR count). The van der Waals surface area contributed by atoms with Crippen molar-refractivity contribution in [3.05, 3.63) is 60.2 Å². The average molecular weight is 292 g/mol. The first-order valence-electron chi connectivity index (χ1n) is 6.99. The molecule has 110 valence electrons. The Morgan fingerprint density at radius 3 is 2.64 bits per heavy atom. The van der Waals surface area contributed by atoms with Crippen molar-refractivity contribution >= 4 is 22.9 Å². The van der Waals surface area contributed by atoms with E-state index < -0.39 is 0 Å².